The summed E-state index contributed by atoms with van der Waals surface area (Å²) < 4.78 is 20.5. The van der Waals surface area contributed by atoms with Crippen LogP contribution in [0.2, 0.25) is 0 Å². The Morgan fingerprint density at radius 1 is 1.13 bits per heavy atom. The first-order valence-corrected chi connectivity index (χ1v) is 9.97. The summed E-state index contributed by atoms with van der Waals surface area (Å²) in [5.41, 5.74) is 0.966. The first-order valence-electron chi connectivity index (χ1n) is 9.97. The van der Waals surface area contributed by atoms with Crippen molar-refractivity contribution in [2.24, 2.45) is 0 Å². The fourth-order valence-corrected chi connectivity index (χ4v) is 3.64. The second-order valence-electron chi connectivity index (χ2n) is 7.11. The molecule has 0 fully saturated rings. The fraction of sp³-hybridized carbons (Fsp3) is 0.217. The molecule has 8 heteroatoms. The van der Waals surface area contributed by atoms with Gasteiger partial charge in [-0.1, -0.05) is 12.1 Å². The number of hydrogen-bond acceptors (Lipinski definition) is 5. The first kappa shape index (κ1) is 20.5. The van der Waals surface area contributed by atoms with Crippen molar-refractivity contribution >= 4 is 27.8 Å². The number of pyridine rings is 1. The number of fused-ring (bicyclic) bond motifs is 2. The summed E-state index contributed by atoms with van der Waals surface area (Å²) in [5, 5.41) is 22.6. The first-order chi connectivity index (χ1) is 14.9. The summed E-state index contributed by atoms with van der Waals surface area (Å²) in [6.45, 7) is 4.88. The molecule has 2 heterocycles. The molecule has 160 valence electrons. The van der Waals surface area contributed by atoms with Crippen LogP contribution in [0.25, 0.3) is 21.7 Å². The second kappa shape index (κ2) is 8.14. The monoisotopic (exact) mass is 423 g/mol. The average Bonchev–Trinajstić information content (AvgIpc) is 3.10. The van der Waals surface area contributed by atoms with E-state index in [1.165, 1.54) is 27.8 Å². The molecule has 7 nitrogen and oxygen atoms in total. The molecule has 1 amide bonds. The molecule has 2 N–H and O–H groups in total. The highest BCUT2D eigenvalue weighted by atomic mass is 19.1. The van der Waals surface area contributed by atoms with Gasteiger partial charge >= 0.3 is 6.09 Å². The van der Waals surface area contributed by atoms with Crippen LogP contribution in [0, 0.1) is 5.82 Å². The normalized spacial score (nSPS) is 11.2. The van der Waals surface area contributed by atoms with Crippen LogP contribution in [0.1, 0.15) is 19.4 Å². The molecule has 0 bridgehead atoms. The van der Waals surface area contributed by atoms with Gasteiger partial charge in [-0.25, -0.2) is 9.18 Å². The van der Waals surface area contributed by atoms with E-state index in [0.717, 1.165) is 5.56 Å². The van der Waals surface area contributed by atoms with Crippen molar-refractivity contribution < 1.29 is 24.1 Å². The van der Waals surface area contributed by atoms with Gasteiger partial charge in [0.15, 0.2) is 11.5 Å². The van der Waals surface area contributed by atoms with E-state index >= 15 is 0 Å². The fourth-order valence-electron chi connectivity index (χ4n) is 3.64. The van der Waals surface area contributed by atoms with Gasteiger partial charge in [0.2, 0.25) is 5.88 Å². The van der Waals surface area contributed by atoms with Gasteiger partial charge in [-0.2, -0.15) is 0 Å². The lowest BCUT2D eigenvalue weighted by molar-refractivity contribution is 0.158. The molecule has 31 heavy (non-hydrogen) atoms. The molecule has 0 atom stereocenters. The Hall–Kier alpha value is -3.81. The molecule has 2 aromatic carbocycles. The summed E-state index contributed by atoms with van der Waals surface area (Å²) >= 11 is 0. The van der Waals surface area contributed by atoms with Crippen LogP contribution in [-0.4, -0.2) is 43.8 Å². The maximum atomic E-state index is 13.2. The van der Waals surface area contributed by atoms with Crippen LogP contribution in [0.5, 0.6) is 17.4 Å². The number of carbonyl (C=O) groups is 1. The lowest BCUT2D eigenvalue weighted by Crippen LogP contribution is -2.33. The van der Waals surface area contributed by atoms with Crippen LogP contribution < -0.4 is 4.74 Å². The van der Waals surface area contributed by atoms with Gasteiger partial charge in [0.05, 0.1) is 17.3 Å². The minimum Gasteiger partial charge on any atom is -0.505 e. The Balaban J connectivity index is 1.90. The van der Waals surface area contributed by atoms with Gasteiger partial charge in [-0.15, -0.1) is 0 Å². The number of nitrogens with zero attached hydrogens (tertiary/aromatic N) is 3. The van der Waals surface area contributed by atoms with Crippen LogP contribution in [0.3, 0.4) is 0 Å². The molecule has 0 aliphatic rings. The van der Waals surface area contributed by atoms with E-state index in [-0.39, 0.29) is 40.6 Å². The quantitative estimate of drug-likeness (QED) is 0.489. The summed E-state index contributed by atoms with van der Waals surface area (Å²) in [6, 6.07) is 9.26. The number of benzene rings is 2. The molecule has 0 radical (unpaired) electrons. The highest BCUT2D eigenvalue weighted by Crippen LogP contribution is 2.46. The van der Waals surface area contributed by atoms with Crippen LogP contribution in [-0.2, 0) is 6.54 Å². The topological polar surface area (TPSA) is 87.8 Å². The Labute approximate surface area is 177 Å². The number of phenolic OH excluding ortho intramolecular Hbond substituents is 1. The van der Waals surface area contributed by atoms with Gasteiger partial charge in [-0.05, 0) is 43.7 Å². The van der Waals surface area contributed by atoms with E-state index < -0.39 is 6.09 Å². The number of amides is 1. The summed E-state index contributed by atoms with van der Waals surface area (Å²) in [5.74, 6) is -0.555. The molecule has 0 aliphatic heterocycles. The lowest BCUT2D eigenvalue weighted by Gasteiger charge is -2.19. The maximum absolute atomic E-state index is 13.2. The number of aromatic nitrogens is 2. The Kier molecular flexibility index (Phi) is 5.37. The van der Waals surface area contributed by atoms with Crippen molar-refractivity contribution in [3.05, 3.63) is 60.2 Å². The van der Waals surface area contributed by atoms with Crippen molar-refractivity contribution in [2.45, 2.75) is 20.4 Å². The maximum Gasteiger partial charge on any atom is 0.415 e. The standard InChI is InChI=1S/C23H22FN3O4/c1-3-26(4-2)23(30)31-21-16-6-5-11-25-19(16)20(28)18-17(21)13-27(22(18)29)12-14-7-9-15(24)10-8-14/h5-11,13,28-29H,3-4,12H2,1-2H3. The average molecular weight is 423 g/mol. The number of ether oxygens (including phenoxy) is 1. The number of hydrogen-bond donors (Lipinski definition) is 2. The number of rotatable bonds is 5. The van der Waals surface area contributed by atoms with Gasteiger partial charge in [0.25, 0.3) is 0 Å². The van der Waals surface area contributed by atoms with Crippen molar-refractivity contribution in [3.8, 4) is 17.4 Å². The summed E-state index contributed by atoms with van der Waals surface area (Å²) in [4.78, 5) is 18.4. The molecule has 0 saturated heterocycles. The molecule has 0 saturated carbocycles. The van der Waals surface area contributed by atoms with Crippen LogP contribution in [0.4, 0.5) is 9.18 Å². The zero-order chi connectivity index (χ0) is 22.1. The lowest BCUT2D eigenvalue weighted by atomic mass is 10.1. The third-order valence-electron chi connectivity index (χ3n) is 5.29. The zero-order valence-corrected chi connectivity index (χ0v) is 17.2. The van der Waals surface area contributed by atoms with E-state index in [2.05, 4.69) is 4.98 Å². The third-order valence-corrected chi connectivity index (χ3v) is 5.29. The summed E-state index contributed by atoms with van der Waals surface area (Å²) in [7, 11) is 0. The van der Waals surface area contributed by atoms with E-state index in [0.29, 0.717) is 23.9 Å². The largest absolute Gasteiger partial charge is 0.505 e. The molecule has 0 aliphatic carbocycles. The van der Waals surface area contributed by atoms with Gasteiger partial charge in [-0.3, -0.25) is 4.98 Å². The predicted molar refractivity (Wildman–Crippen MR) is 115 cm³/mol. The van der Waals surface area contributed by atoms with E-state index in [9.17, 15) is 19.4 Å². The van der Waals surface area contributed by atoms with Crippen molar-refractivity contribution in [3.63, 3.8) is 0 Å². The smallest absolute Gasteiger partial charge is 0.415 e. The zero-order valence-electron chi connectivity index (χ0n) is 17.2. The highest BCUT2D eigenvalue weighted by molar-refractivity contribution is 6.12. The van der Waals surface area contributed by atoms with Gasteiger partial charge in [0, 0.05) is 30.9 Å². The third kappa shape index (κ3) is 3.61. The molecular weight excluding hydrogens is 401 g/mol. The molecular formula is C23H22FN3O4. The van der Waals surface area contributed by atoms with E-state index in [1.54, 1.807) is 30.5 Å². The van der Waals surface area contributed by atoms with Crippen molar-refractivity contribution in [2.75, 3.05) is 13.1 Å². The van der Waals surface area contributed by atoms with Gasteiger partial charge < -0.3 is 24.4 Å². The number of phenols is 1. The number of aromatic hydroxyl groups is 2. The molecule has 0 spiro atoms. The second-order valence-corrected chi connectivity index (χ2v) is 7.11. The Morgan fingerprint density at radius 2 is 1.84 bits per heavy atom. The molecule has 2 aromatic heterocycles. The highest BCUT2D eigenvalue weighted by Gasteiger charge is 2.24. The number of carbonyl (C=O) groups excluding carboxylic acids is 1. The minimum absolute atomic E-state index is 0.135. The summed E-state index contributed by atoms with van der Waals surface area (Å²) in [6.07, 6.45) is 2.58. The molecule has 0 unspecified atom stereocenters. The van der Waals surface area contributed by atoms with E-state index in [4.69, 9.17) is 4.74 Å². The molecule has 4 rings (SSSR count). The van der Waals surface area contributed by atoms with E-state index in [1.807, 2.05) is 13.8 Å². The van der Waals surface area contributed by atoms with Crippen LogP contribution in [0.15, 0.2) is 48.8 Å². The van der Waals surface area contributed by atoms with Crippen molar-refractivity contribution in [1.29, 1.82) is 0 Å². The SMILES string of the molecule is CCN(CC)C(=O)Oc1c2cccnc2c(O)c2c(O)n(Cc3ccc(F)cc3)cc12. The Morgan fingerprint density at radius 3 is 2.52 bits per heavy atom. The van der Waals surface area contributed by atoms with Crippen molar-refractivity contribution in [1.82, 2.24) is 14.5 Å². The van der Waals surface area contributed by atoms with Gasteiger partial charge in [0.1, 0.15) is 11.3 Å². The van der Waals surface area contributed by atoms with Crippen LogP contribution >= 0.6 is 0 Å². The predicted octanol–water partition coefficient (Wildman–Crippen LogP) is 4.63. The molecule has 4 aromatic rings. The minimum atomic E-state index is -0.534. The number of halogens is 1. The Bertz CT molecular complexity index is 1260.